The Morgan fingerprint density at radius 1 is 1.40 bits per heavy atom. The SMILES string of the molecule is C[C@H]1NCCc2c1[nH]c1ccc(F)cc21. The van der Waals surface area contributed by atoms with Crippen molar-refractivity contribution in [2.24, 2.45) is 0 Å². The maximum atomic E-state index is 13.2. The number of nitrogens with one attached hydrogen (secondary N) is 2. The number of aromatic nitrogens is 1. The molecule has 3 heteroatoms. The molecule has 3 rings (SSSR count). The van der Waals surface area contributed by atoms with Gasteiger partial charge in [0.2, 0.25) is 0 Å². The van der Waals surface area contributed by atoms with Gasteiger partial charge in [0.25, 0.3) is 0 Å². The average molecular weight is 204 g/mol. The Morgan fingerprint density at radius 3 is 3.13 bits per heavy atom. The summed E-state index contributed by atoms with van der Waals surface area (Å²) in [7, 11) is 0. The van der Waals surface area contributed by atoms with Crippen LogP contribution in [0, 0.1) is 5.82 Å². The van der Waals surface area contributed by atoms with Gasteiger partial charge in [0, 0.05) is 22.6 Å². The fourth-order valence-corrected chi connectivity index (χ4v) is 2.40. The Kier molecular flexibility index (Phi) is 1.83. The van der Waals surface area contributed by atoms with Gasteiger partial charge in [-0.25, -0.2) is 4.39 Å². The van der Waals surface area contributed by atoms with Crippen LogP contribution in [-0.2, 0) is 6.42 Å². The molecule has 2 N–H and O–H groups in total. The summed E-state index contributed by atoms with van der Waals surface area (Å²) in [5.41, 5.74) is 3.52. The number of hydrogen-bond donors (Lipinski definition) is 2. The fraction of sp³-hybridized carbons (Fsp3) is 0.333. The van der Waals surface area contributed by atoms with Crippen LogP contribution in [0.5, 0.6) is 0 Å². The highest BCUT2D eigenvalue weighted by Crippen LogP contribution is 2.29. The Morgan fingerprint density at radius 2 is 2.27 bits per heavy atom. The molecule has 1 atom stereocenters. The molecule has 0 aliphatic carbocycles. The van der Waals surface area contributed by atoms with Crippen LogP contribution in [0.3, 0.4) is 0 Å². The quantitative estimate of drug-likeness (QED) is 0.678. The van der Waals surface area contributed by atoms with Crippen LogP contribution in [0.1, 0.15) is 24.2 Å². The van der Waals surface area contributed by atoms with E-state index in [1.165, 1.54) is 17.3 Å². The van der Waals surface area contributed by atoms with Gasteiger partial charge < -0.3 is 10.3 Å². The summed E-state index contributed by atoms with van der Waals surface area (Å²) < 4.78 is 13.2. The van der Waals surface area contributed by atoms with E-state index in [1.807, 2.05) is 6.07 Å². The lowest BCUT2D eigenvalue weighted by Gasteiger charge is -2.20. The van der Waals surface area contributed by atoms with E-state index in [2.05, 4.69) is 17.2 Å². The Hall–Kier alpha value is -1.35. The van der Waals surface area contributed by atoms with E-state index in [1.54, 1.807) is 6.07 Å². The van der Waals surface area contributed by atoms with E-state index in [-0.39, 0.29) is 5.82 Å². The van der Waals surface area contributed by atoms with Crippen molar-refractivity contribution in [3.63, 3.8) is 0 Å². The molecule has 1 aliphatic rings. The normalized spacial score (nSPS) is 20.5. The third-order valence-corrected chi connectivity index (χ3v) is 3.16. The van der Waals surface area contributed by atoms with Crippen molar-refractivity contribution in [1.82, 2.24) is 10.3 Å². The summed E-state index contributed by atoms with van der Waals surface area (Å²) in [6.07, 6.45) is 0.975. The number of H-pyrrole nitrogens is 1. The smallest absolute Gasteiger partial charge is 0.123 e. The predicted octanol–water partition coefficient (Wildman–Crippen LogP) is 2.51. The molecule has 0 saturated carbocycles. The molecule has 15 heavy (non-hydrogen) atoms. The zero-order valence-corrected chi connectivity index (χ0v) is 8.60. The average Bonchev–Trinajstić information content (AvgIpc) is 2.58. The summed E-state index contributed by atoms with van der Waals surface area (Å²) in [5, 5.41) is 4.43. The van der Waals surface area contributed by atoms with Crippen LogP contribution >= 0.6 is 0 Å². The Bertz CT molecular complexity index is 516. The summed E-state index contributed by atoms with van der Waals surface area (Å²) in [5.74, 6) is -0.157. The van der Waals surface area contributed by atoms with Gasteiger partial charge in [-0.2, -0.15) is 0 Å². The number of hydrogen-bond acceptors (Lipinski definition) is 1. The minimum atomic E-state index is -0.157. The van der Waals surface area contributed by atoms with Gasteiger partial charge in [-0.05, 0) is 43.7 Å². The highest BCUT2D eigenvalue weighted by Gasteiger charge is 2.20. The van der Waals surface area contributed by atoms with Crippen molar-refractivity contribution in [2.75, 3.05) is 6.54 Å². The maximum Gasteiger partial charge on any atom is 0.123 e. The van der Waals surface area contributed by atoms with Gasteiger partial charge >= 0.3 is 0 Å². The van der Waals surface area contributed by atoms with E-state index >= 15 is 0 Å². The molecule has 1 aromatic heterocycles. The van der Waals surface area contributed by atoms with Crippen LogP contribution in [0.15, 0.2) is 18.2 Å². The molecule has 0 amide bonds. The van der Waals surface area contributed by atoms with Crippen molar-refractivity contribution in [3.05, 3.63) is 35.3 Å². The number of rotatable bonds is 0. The highest BCUT2D eigenvalue weighted by atomic mass is 19.1. The summed E-state index contributed by atoms with van der Waals surface area (Å²) in [4.78, 5) is 3.36. The van der Waals surface area contributed by atoms with E-state index in [0.717, 1.165) is 23.9 Å². The molecule has 0 bridgehead atoms. The van der Waals surface area contributed by atoms with Gasteiger partial charge in [-0.1, -0.05) is 0 Å². The second kappa shape index (κ2) is 3.07. The molecule has 0 radical (unpaired) electrons. The molecule has 78 valence electrons. The molecule has 2 nitrogen and oxygen atoms in total. The molecule has 0 spiro atoms. The molecule has 0 unspecified atom stereocenters. The second-order valence-electron chi connectivity index (χ2n) is 4.13. The highest BCUT2D eigenvalue weighted by molar-refractivity contribution is 5.85. The lowest BCUT2D eigenvalue weighted by molar-refractivity contribution is 0.533. The predicted molar refractivity (Wildman–Crippen MR) is 58.4 cm³/mol. The fourth-order valence-electron chi connectivity index (χ4n) is 2.40. The van der Waals surface area contributed by atoms with Crippen molar-refractivity contribution < 1.29 is 4.39 Å². The first-order valence-electron chi connectivity index (χ1n) is 5.29. The van der Waals surface area contributed by atoms with Gasteiger partial charge in [0.15, 0.2) is 0 Å². The molecule has 1 aromatic carbocycles. The minimum Gasteiger partial charge on any atom is -0.357 e. The second-order valence-corrected chi connectivity index (χ2v) is 4.13. The molecule has 2 aromatic rings. The van der Waals surface area contributed by atoms with Crippen molar-refractivity contribution >= 4 is 10.9 Å². The Labute approximate surface area is 87.5 Å². The van der Waals surface area contributed by atoms with Crippen LogP contribution in [0.4, 0.5) is 4.39 Å². The largest absolute Gasteiger partial charge is 0.357 e. The third-order valence-electron chi connectivity index (χ3n) is 3.16. The van der Waals surface area contributed by atoms with Crippen molar-refractivity contribution in [1.29, 1.82) is 0 Å². The topological polar surface area (TPSA) is 27.8 Å². The summed E-state index contributed by atoms with van der Waals surface area (Å²) in [6.45, 7) is 3.10. The lowest BCUT2D eigenvalue weighted by Crippen LogP contribution is -2.27. The zero-order valence-electron chi connectivity index (χ0n) is 8.60. The van der Waals surface area contributed by atoms with E-state index < -0.39 is 0 Å². The molecule has 0 fully saturated rings. The standard InChI is InChI=1S/C12H13FN2/c1-7-12-9(4-5-14-7)10-6-8(13)2-3-11(10)15-12/h2-3,6-7,14-15H,4-5H2,1H3/t7-/m1/s1. The number of benzene rings is 1. The number of fused-ring (bicyclic) bond motifs is 3. The first-order valence-corrected chi connectivity index (χ1v) is 5.29. The zero-order chi connectivity index (χ0) is 10.4. The van der Waals surface area contributed by atoms with Crippen molar-refractivity contribution in [3.8, 4) is 0 Å². The molecule has 0 saturated heterocycles. The third kappa shape index (κ3) is 1.27. The molecular formula is C12H13FN2. The summed E-state index contributed by atoms with van der Waals surface area (Å²) in [6, 6.07) is 5.28. The van der Waals surface area contributed by atoms with E-state index in [0.29, 0.717) is 6.04 Å². The van der Waals surface area contributed by atoms with Crippen LogP contribution in [0.25, 0.3) is 10.9 Å². The Balaban J connectivity index is 2.31. The monoisotopic (exact) mass is 204 g/mol. The molecule has 1 aliphatic heterocycles. The van der Waals surface area contributed by atoms with Gasteiger partial charge in [0.05, 0.1) is 0 Å². The summed E-state index contributed by atoms with van der Waals surface area (Å²) >= 11 is 0. The molecule has 2 heterocycles. The minimum absolute atomic E-state index is 0.157. The number of aromatic amines is 1. The first-order chi connectivity index (χ1) is 7.25. The van der Waals surface area contributed by atoms with Crippen LogP contribution in [0.2, 0.25) is 0 Å². The van der Waals surface area contributed by atoms with Gasteiger partial charge in [-0.15, -0.1) is 0 Å². The van der Waals surface area contributed by atoms with Gasteiger partial charge in [-0.3, -0.25) is 0 Å². The van der Waals surface area contributed by atoms with Crippen LogP contribution in [-0.4, -0.2) is 11.5 Å². The van der Waals surface area contributed by atoms with Crippen molar-refractivity contribution in [2.45, 2.75) is 19.4 Å². The van der Waals surface area contributed by atoms with Gasteiger partial charge in [0.1, 0.15) is 5.82 Å². The number of halogens is 1. The first kappa shape index (κ1) is 8.92. The lowest BCUT2D eigenvalue weighted by atomic mass is 10.0. The molecular weight excluding hydrogens is 191 g/mol. The van der Waals surface area contributed by atoms with E-state index in [4.69, 9.17) is 0 Å². The van der Waals surface area contributed by atoms with E-state index in [9.17, 15) is 4.39 Å². The van der Waals surface area contributed by atoms with Crippen LogP contribution < -0.4 is 5.32 Å². The maximum absolute atomic E-state index is 13.2.